The molecule has 1 rings (SSSR count). The van der Waals surface area contributed by atoms with Gasteiger partial charge in [0.2, 0.25) is 0 Å². The molecule has 0 bridgehead atoms. The predicted octanol–water partition coefficient (Wildman–Crippen LogP) is 2.39. The van der Waals surface area contributed by atoms with E-state index in [0.717, 1.165) is 11.1 Å². The second kappa shape index (κ2) is 6.99. The highest BCUT2D eigenvalue weighted by Gasteiger charge is 2.03. The van der Waals surface area contributed by atoms with Crippen LogP contribution in [0.1, 0.15) is 18.9 Å². The SMILES string of the molecule is CC=CCC(O)C=C(CO)c1ccccc1. The topological polar surface area (TPSA) is 40.5 Å². The first kappa shape index (κ1) is 12.7. The summed E-state index contributed by atoms with van der Waals surface area (Å²) in [6.07, 6.45) is 5.54. The van der Waals surface area contributed by atoms with Crippen LogP contribution in [0, 0.1) is 0 Å². The summed E-state index contributed by atoms with van der Waals surface area (Å²) in [5, 5.41) is 19.0. The van der Waals surface area contributed by atoms with E-state index in [-0.39, 0.29) is 6.61 Å². The molecule has 0 heterocycles. The van der Waals surface area contributed by atoms with Gasteiger partial charge < -0.3 is 10.2 Å². The number of allylic oxidation sites excluding steroid dienone is 1. The van der Waals surface area contributed by atoms with Gasteiger partial charge in [-0.1, -0.05) is 42.5 Å². The Morgan fingerprint density at radius 3 is 2.56 bits per heavy atom. The van der Waals surface area contributed by atoms with E-state index in [4.69, 9.17) is 0 Å². The molecule has 1 unspecified atom stereocenters. The minimum atomic E-state index is -0.543. The Morgan fingerprint density at radius 2 is 2.00 bits per heavy atom. The van der Waals surface area contributed by atoms with Crippen LogP contribution in [0.5, 0.6) is 0 Å². The first-order valence-corrected chi connectivity index (χ1v) is 5.44. The Balaban J connectivity index is 2.78. The third kappa shape index (κ3) is 4.01. The maximum atomic E-state index is 9.70. The van der Waals surface area contributed by atoms with Crippen molar-refractivity contribution in [1.82, 2.24) is 0 Å². The molecule has 86 valence electrons. The molecule has 0 spiro atoms. The second-order valence-corrected chi connectivity index (χ2v) is 3.59. The maximum absolute atomic E-state index is 9.70. The van der Waals surface area contributed by atoms with Crippen molar-refractivity contribution in [1.29, 1.82) is 0 Å². The van der Waals surface area contributed by atoms with Gasteiger partial charge in [0.25, 0.3) is 0 Å². The van der Waals surface area contributed by atoms with E-state index < -0.39 is 6.10 Å². The molecule has 16 heavy (non-hydrogen) atoms. The van der Waals surface area contributed by atoms with E-state index >= 15 is 0 Å². The molecular formula is C14H18O2. The quantitative estimate of drug-likeness (QED) is 0.745. The normalized spacial score (nSPS) is 14.3. The molecule has 0 amide bonds. The van der Waals surface area contributed by atoms with Crippen molar-refractivity contribution in [3.05, 3.63) is 54.1 Å². The lowest BCUT2D eigenvalue weighted by Gasteiger charge is -2.07. The van der Waals surface area contributed by atoms with Crippen LogP contribution in [0.4, 0.5) is 0 Å². The molecule has 1 aromatic rings. The van der Waals surface area contributed by atoms with Crippen LogP contribution in [0.2, 0.25) is 0 Å². The highest BCUT2D eigenvalue weighted by atomic mass is 16.3. The molecule has 0 aliphatic carbocycles. The molecule has 2 nitrogen and oxygen atoms in total. The van der Waals surface area contributed by atoms with E-state index in [0.29, 0.717) is 6.42 Å². The summed E-state index contributed by atoms with van der Waals surface area (Å²) in [6.45, 7) is 1.86. The van der Waals surface area contributed by atoms with Crippen molar-refractivity contribution in [2.24, 2.45) is 0 Å². The van der Waals surface area contributed by atoms with Crippen LogP contribution in [0.15, 0.2) is 48.6 Å². The van der Waals surface area contributed by atoms with Crippen molar-refractivity contribution in [3.8, 4) is 0 Å². The van der Waals surface area contributed by atoms with Crippen LogP contribution < -0.4 is 0 Å². The smallest absolute Gasteiger partial charge is 0.0762 e. The number of hydrogen-bond donors (Lipinski definition) is 2. The Labute approximate surface area is 96.6 Å². The van der Waals surface area contributed by atoms with Gasteiger partial charge in [-0.15, -0.1) is 0 Å². The molecule has 0 aliphatic heterocycles. The Bertz CT molecular complexity index is 352. The zero-order valence-electron chi connectivity index (χ0n) is 9.50. The van der Waals surface area contributed by atoms with Gasteiger partial charge in [-0.3, -0.25) is 0 Å². The summed E-state index contributed by atoms with van der Waals surface area (Å²) in [6, 6.07) is 9.60. The number of aliphatic hydroxyl groups excluding tert-OH is 2. The monoisotopic (exact) mass is 218 g/mol. The fourth-order valence-electron chi connectivity index (χ4n) is 1.47. The lowest BCUT2D eigenvalue weighted by Crippen LogP contribution is -2.03. The summed E-state index contributed by atoms with van der Waals surface area (Å²) < 4.78 is 0. The second-order valence-electron chi connectivity index (χ2n) is 3.59. The Hall–Kier alpha value is -1.38. The highest BCUT2D eigenvalue weighted by Crippen LogP contribution is 2.14. The van der Waals surface area contributed by atoms with Gasteiger partial charge in [0.1, 0.15) is 0 Å². The molecule has 0 radical (unpaired) electrons. The van der Waals surface area contributed by atoms with Crippen LogP contribution in [-0.4, -0.2) is 22.9 Å². The Morgan fingerprint density at radius 1 is 1.31 bits per heavy atom. The molecule has 1 atom stereocenters. The molecule has 0 aromatic heterocycles. The first-order valence-electron chi connectivity index (χ1n) is 5.44. The van der Waals surface area contributed by atoms with Gasteiger partial charge in [-0.2, -0.15) is 0 Å². The van der Waals surface area contributed by atoms with E-state index in [1.165, 1.54) is 0 Å². The highest BCUT2D eigenvalue weighted by molar-refractivity contribution is 5.66. The molecular weight excluding hydrogens is 200 g/mol. The number of benzene rings is 1. The molecule has 1 aromatic carbocycles. The molecule has 2 heteroatoms. The third-order valence-electron chi connectivity index (χ3n) is 2.32. The fraction of sp³-hybridized carbons (Fsp3) is 0.286. The van der Waals surface area contributed by atoms with Crippen LogP contribution in [0.25, 0.3) is 5.57 Å². The minimum Gasteiger partial charge on any atom is -0.392 e. The van der Waals surface area contributed by atoms with Crippen molar-refractivity contribution >= 4 is 5.57 Å². The summed E-state index contributed by atoms with van der Waals surface area (Å²) in [5.41, 5.74) is 1.71. The molecule has 0 fully saturated rings. The lowest BCUT2D eigenvalue weighted by atomic mass is 10.0. The fourth-order valence-corrected chi connectivity index (χ4v) is 1.47. The van der Waals surface area contributed by atoms with Crippen molar-refractivity contribution in [2.75, 3.05) is 6.61 Å². The summed E-state index contributed by atoms with van der Waals surface area (Å²) >= 11 is 0. The zero-order valence-corrected chi connectivity index (χ0v) is 9.50. The van der Waals surface area contributed by atoms with Crippen LogP contribution in [-0.2, 0) is 0 Å². The maximum Gasteiger partial charge on any atom is 0.0762 e. The van der Waals surface area contributed by atoms with E-state index in [9.17, 15) is 10.2 Å². The number of rotatable bonds is 5. The van der Waals surface area contributed by atoms with Crippen molar-refractivity contribution in [3.63, 3.8) is 0 Å². The van der Waals surface area contributed by atoms with Crippen molar-refractivity contribution < 1.29 is 10.2 Å². The van der Waals surface area contributed by atoms with Gasteiger partial charge in [-0.05, 0) is 30.6 Å². The summed E-state index contributed by atoms with van der Waals surface area (Å²) in [4.78, 5) is 0. The van der Waals surface area contributed by atoms with Crippen LogP contribution >= 0.6 is 0 Å². The molecule has 0 saturated carbocycles. The Kier molecular flexibility index (Phi) is 5.54. The predicted molar refractivity (Wildman–Crippen MR) is 66.9 cm³/mol. The van der Waals surface area contributed by atoms with E-state index in [2.05, 4.69) is 0 Å². The number of aliphatic hydroxyl groups is 2. The lowest BCUT2D eigenvalue weighted by molar-refractivity contribution is 0.226. The van der Waals surface area contributed by atoms with E-state index in [1.54, 1.807) is 6.08 Å². The van der Waals surface area contributed by atoms with Gasteiger partial charge in [0.05, 0.1) is 12.7 Å². The van der Waals surface area contributed by atoms with Crippen LogP contribution in [0.3, 0.4) is 0 Å². The summed E-state index contributed by atoms with van der Waals surface area (Å²) in [7, 11) is 0. The summed E-state index contributed by atoms with van der Waals surface area (Å²) in [5.74, 6) is 0. The third-order valence-corrected chi connectivity index (χ3v) is 2.32. The van der Waals surface area contributed by atoms with Gasteiger partial charge in [0, 0.05) is 0 Å². The van der Waals surface area contributed by atoms with Crippen molar-refractivity contribution in [2.45, 2.75) is 19.4 Å². The average molecular weight is 218 g/mol. The van der Waals surface area contributed by atoms with Gasteiger partial charge in [0.15, 0.2) is 0 Å². The van der Waals surface area contributed by atoms with E-state index in [1.807, 2.05) is 49.4 Å². The molecule has 0 aliphatic rings. The van der Waals surface area contributed by atoms with Gasteiger partial charge >= 0.3 is 0 Å². The molecule has 0 saturated heterocycles. The zero-order chi connectivity index (χ0) is 11.8. The minimum absolute atomic E-state index is 0.0586. The number of hydrogen-bond acceptors (Lipinski definition) is 2. The van der Waals surface area contributed by atoms with Gasteiger partial charge in [-0.25, -0.2) is 0 Å². The largest absolute Gasteiger partial charge is 0.392 e. The molecule has 2 N–H and O–H groups in total. The average Bonchev–Trinajstić information content (AvgIpc) is 2.34. The standard InChI is InChI=1S/C14H18O2/c1-2-3-9-14(16)10-13(11-15)12-7-5-4-6-8-12/h2-8,10,14-16H,9,11H2,1H3. The first-order chi connectivity index (χ1) is 7.77.